The van der Waals surface area contributed by atoms with Gasteiger partial charge in [0.05, 0.1) is 16.8 Å². The Morgan fingerprint density at radius 2 is 1.57 bits per heavy atom. The molecular formula is C29H26N6O2. The number of hydrogen-bond donors (Lipinski definition) is 2. The molecule has 4 aromatic rings. The van der Waals surface area contributed by atoms with Crippen LogP contribution in [0.5, 0.6) is 0 Å². The number of rotatable bonds is 3. The molecule has 0 bridgehead atoms. The van der Waals surface area contributed by atoms with Gasteiger partial charge in [-0.3, -0.25) is 20.0 Å². The van der Waals surface area contributed by atoms with Crippen LogP contribution in [0.2, 0.25) is 0 Å². The molecule has 0 radical (unpaired) electrons. The first-order chi connectivity index (χ1) is 18.0. The number of benzene rings is 2. The fourth-order valence-electron chi connectivity index (χ4n) is 4.24. The van der Waals surface area contributed by atoms with Gasteiger partial charge in [-0.2, -0.15) is 0 Å². The Bertz CT molecular complexity index is 1510. The summed E-state index contributed by atoms with van der Waals surface area (Å²) in [4.78, 5) is 37.9. The van der Waals surface area contributed by atoms with E-state index in [9.17, 15) is 9.59 Å². The van der Waals surface area contributed by atoms with Crippen LogP contribution in [0.25, 0.3) is 22.2 Å². The van der Waals surface area contributed by atoms with E-state index in [1.807, 2.05) is 53.4 Å². The third-order valence-corrected chi connectivity index (χ3v) is 6.44. The summed E-state index contributed by atoms with van der Waals surface area (Å²) >= 11 is 0. The summed E-state index contributed by atoms with van der Waals surface area (Å²) in [5, 5.41) is 0.632. The van der Waals surface area contributed by atoms with E-state index in [2.05, 4.69) is 39.2 Å². The summed E-state index contributed by atoms with van der Waals surface area (Å²) in [5.74, 6) is 11.4. The molecule has 1 aliphatic heterocycles. The van der Waals surface area contributed by atoms with Gasteiger partial charge in [-0.25, -0.2) is 10.8 Å². The maximum absolute atomic E-state index is 12.7. The molecule has 1 aliphatic rings. The van der Waals surface area contributed by atoms with E-state index in [4.69, 9.17) is 5.84 Å². The summed E-state index contributed by atoms with van der Waals surface area (Å²) in [5.41, 5.74) is 7.11. The first-order valence-corrected chi connectivity index (χ1v) is 12.0. The molecule has 1 saturated heterocycles. The topological polar surface area (TPSA) is 104 Å². The van der Waals surface area contributed by atoms with E-state index >= 15 is 0 Å². The van der Waals surface area contributed by atoms with Gasteiger partial charge in [-0.1, -0.05) is 24.0 Å². The highest BCUT2D eigenvalue weighted by Gasteiger charge is 2.20. The molecule has 1 fully saturated rings. The highest BCUT2D eigenvalue weighted by atomic mass is 16.2. The lowest BCUT2D eigenvalue weighted by atomic mass is 10.0. The minimum Gasteiger partial charge on any atom is -0.336 e. The molecule has 184 valence electrons. The van der Waals surface area contributed by atoms with Crippen molar-refractivity contribution in [3.63, 3.8) is 0 Å². The van der Waals surface area contributed by atoms with E-state index in [-0.39, 0.29) is 5.91 Å². The van der Waals surface area contributed by atoms with Gasteiger partial charge in [-0.15, -0.1) is 0 Å². The van der Waals surface area contributed by atoms with Crippen LogP contribution in [-0.4, -0.2) is 64.8 Å². The molecule has 0 atom stereocenters. The fraction of sp³-hybridized carbons (Fsp3) is 0.172. The molecular weight excluding hydrogens is 464 g/mol. The number of fused-ring (bicyclic) bond motifs is 1. The Morgan fingerprint density at radius 1 is 0.919 bits per heavy atom. The zero-order chi connectivity index (χ0) is 25.8. The predicted molar refractivity (Wildman–Crippen MR) is 142 cm³/mol. The van der Waals surface area contributed by atoms with E-state index in [0.717, 1.165) is 42.9 Å². The van der Waals surface area contributed by atoms with Crippen LogP contribution in [-0.2, 0) is 0 Å². The lowest BCUT2D eigenvalue weighted by molar-refractivity contribution is 0.0664. The molecule has 8 nitrogen and oxygen atoms in total. The van der Waals surface area contributed by atoms with Crippen molar-refractivity contribution in [2.24, 2.45) is 5.84 Å². The van der Waals surface area contributed by atoms with Crippen LogP contribution in [0, 0.1) is 11.8 Å². The largest absolute Gasteiger partial charge is 0.336 e. The second kappa shape index (κ2) is 10.6. The first-order valence-electron chi connectivity index (χ1n) is 12.0. The minimum absolute atomic E-state index is 0.0638. The molecule has 0 saturated carbocycles. The van der Waals surface area contributed by atoms with Crippen LogP contribution in [0.3, 0.4) is 0 Å². The Balaban J connectivity index is 1.32. The van der Waals surface area contributed by atoms with Crippen LogP contribution in [0.1, 0.15) is 31.8 Å². The zero-order valence-corrected chi connectivity index (χ0v) is 20.4. The van der Waals surface area contributed by atoms with Crippen LogP contribution in [0.15, 0.2) is 73.1 Å². The van der Waals surface area contributed by atoms with Crippen molar-refractivity contribution in [1.82, 2.24) is 25.2 Å². The quantitative estimate of drug-likeness (QED) is 0.198. The minimum atomic E-state index is -0.402. The molecule has 0 unspecified atom stereocenters. The number of piperazine rings is 1. The maximum Gasteiger partial charge on any atom is 0.265 e. The number of aromatic nitrogens is 2. The van der Waals surface area contributed by atoms with Gasteiger partial charge in [0.25, 0.3) is 11.8 Å². The lowest BCUT2D eigenvalue weighted by Gasteiger charge is -2.32. The number of likely N-dealkylation sites (N-methyl/N-ethyl adjacent to an activating group) is 1. The van der Waals surface area contributed by atoms with E-state index in [1.54, 1.807) is 24.5 Å². The maximum atomic E-state index is 12.7. The number of amides is 2. The Morgan fingerprint density at radius 3 is 2.22 bits per heavy atom. The number of nitrogens with two attached hydrogens (primary N) is 1. The van der Waals surface area contributed by atoms with E-state index < -0.39 is 5.91 Å². The van der Waals surface area contributed by atoms with Crippen LogP contribution < -0.4 is 11.3 Å². The highest BCUT2D eigenvalue weighted by molar-refractivity contribution is 6.06. The number of hydrazine groups is 1. The van der Waals surface area contributed by atoms with Gasteiger partial charge >= 0.3 is 0 Å². The van der Waals surface area contributed by atoms with Crippen molar-refractivity contribution in [3.8, 4) is 23.1 Å². The first kappa shape index (κ1) is 24.1. The van der Waals surface area contributed by atoms with Crippen LogP contribution >= 0.6 is 0 Å². The third-order valence-electron chi connectivity index (χ3n) is 6.44. The van der Waals surface area contributed by atoms with E-state index in [0.29, 0.717) is 27.7 Å². The van der Waals surface area contributed by atoms with Gasteiger partial charge in [0.15, 0.2) is 0 Å². The summed E-state index contributed by atoms with van der Waals surface area (Å²) in [6.07, 6.45) is 3.24. The molecule has 0 aliphatic carbocycles. The fourth-order valence-corrected chi connectivity index (χ4v) is 4.24. The number of nitrogens with zero attached hydrogens (tertiary/aromatic N) is 4. The molecule has 8 heteroatoms. The Kier molecular flexibility index (Phi) is 6.90. The van der Waals surface area contributed by atoms with E-state index in [1.165, 1.54) is 0 Å². The number of carbonyl (C=O) groups excluding carboxylic acids is 2. The van der Waals surface area contributed by atoms with Crippen molar-refractivity contribution < 1.29 is 9.59 Å². The van der Waals surface area contributed by atoms with Gasteiger partial charge in [-0.05, 0) is 55.6 Å². The molecule has 2 aromatic heterocycles. The summed E-state index contributed by atoms with van der Waals surface area (Å²) in [6, 6.07) is 18.6. The number of hydrogen-bond acceptors (Lipinski definition) is 6. The average molecular weight is 491 g/mol. The number of nitrogens with one attached hydrogen (secondary N) is 1. The monoisotopic (exact) mass is 490 g/mol. The Hall–Kier alpha value is -4.58. The van der Waals surface area contributed by atoms with Crippen molar-refractivity contribution in [2.45, 2.75) is 0 Å². The average Bonchev–Trinajstić information content (AvgIpc) is 2.95. The summed E-state index contributed by atoms with van der Waals surface area (Å²) in [7, 11) is 2.07. The molecule has 3 N–H and O–H groups in total. The molecule has 2 aromatic carbocycles. The molecule has 37 heavy (non-hydrogen) atoms. The standard InChI is InChI=1S/C29H26N6O2/c1-34-14-16-35(17-15-34)29(37)23-10-6-21(7-11-23)3-2-20-4-8-22(9-5-20)27-18-24(28(36)33-30)25-19-31-13-12-26(25)32-27/h4-13,18-19H,14-17,30H2,1H3,(H,33,36). The molecule has 3 heterocycles. The second-order valence-electron chi connectivity index (χ2n) is 8.92. The second-order valence-corrected chi connectivity index (χ2v) is 8.92. The van der Waals surface area contributed by atoms with Crippen LogP contribution in [0.4, 0.5) is 0 Å². The van der Waals surface area contributed by atoms with Crippen molar-refractivity contribution >= 4 is 22.7 Å². The van der Waals surface area contributed by atoms with Gasteiger partial charge in [0.1, 0.15) is 0 Å². The molecule has 2 amide bonds. The van der Waals surface area contributed by atoms with Crippen molar-refractivity contribution in [1.29, 1.82) is 0 Å². The van der Waals surface area contributed by atoms with Gasteiger partial charge in [0, 0.05) is 66.2 Å². The zero-order valence-electron chi connectivity index (χ0n) is 20.4. The predicted octanol–water partition coefficient (Wildman–Crippen LogP) is 2.69. The third kappa shape index (κ3) is 5.33. The number of pyridine rings is 2. The smallest absolute Gasteiger partial charge is 0.265 e. The van der Waals surface area contributed by atoms with Gasteiger partial charge < -0.3 is 9.80 Å². The molecule has 5 rings (SSSR count). The number of nitrogen functional groups attached to an aromatic ring is 1. The van der Waals surface area contributed by atoms with Gasteiger partial charge in [0.2, 0.25) is 0 Å². The number of carbonyl (C=O) groups is 2. The lowest BCUT2D eigenvalue weighted by Crippen LogP contribution is -2.47. The highest BCUT2D eigenvalue weighted by Crippen LogP contribution is 2.24. The van der Waals surface area contributed by atoms with Crippen molar-refractivity contribution in [3.05, 3.63) is 95.3 Å². The normalized spacial score (nSPS) is 13.6. The summed E-state index contributed by atoms with van der Waals surface area (Å²) in [6.45, 7) is 3.29. The molecule has 0 spiro atoms. The Labute approximate surface area is 215 Å². The SMILES string of the molecule is CN1CCN(C(=O)c2ccc(C#Cc3ccc(-c4cc(C(=O)NN)c5cnccc5n4)cc3)cc2)CC1. The summed E-state index contributed by atoms with van der Waals surface area (Å²) < 4.78 is 0. The van der Waals surface area contributed by atoms with Crippen molar-refractivity contribution in [2.75, 3.05) is 33.2 Å².